The lowest BCUT2D eigenvalue weighted by atomic mass is 10.0. The second-order valence-corrected chi connectivity index (χ2v) is 7.80. The van der Waals surface area contributed by atoms with Crippen molar-refractivity contribution in [2.75, 3.05) is 30.7 Å². The summed E-state index contributed by atoms with van der Waals surface area (Å²) in [6.45, 7) is 2.63. The normalized spacial score (nSPS) is 14.0. The summed E-state index contributed by atoms with van der Waals surface area (Å²) in [6, 6.07) is 10.9. The van der Waals surface area contributed by atoms with E-state index in [4.69, 9.17) is 0 Å². The predicted molar refractivity (Wildman–Crippen MR) is 98.8 cm³/mol. The van der Waals surface area contributed by atoms with E-state index >= 15 is 0 Å². The molecule has 0 radical (unpaired) electrons. The number of thioether (sulfide) groups is 1. The van der Waals surface area contributed by atoms with Gasteiger partial charge >= 0.3 is 0 Å². The fraction of sp³-hybridized carbons (Fsp3) is 0.294. The summed E-state index contributed by atoms with van der Waals surface area (Å²) in [5.41, 5.74) is 1.31. The average molecular weight is 361 g/mol. The van der Waals surface area contributed by atoms with Gasteiger partial charge in [0.1, 0.15) is 0 Å². The van der Waals surface area contributed by atoms with Crippen LogP contribution in [0.25, 0.3) is 0 Å². The van der Waals surface area contributed by atoms with E-state index in [0.717, 1.165) is 17.3 Å². The van der Waals surface area contributed by atoms with Crippen molar-refractivity contribution >= 4 is 40.6 Å². The molecule has 2 aromatic rings. The van der Waals surface area contributed by atoms with Crippen molar-refractivity contribution < 1.29 is 9.59 Å². The van der Waals surface area contributed by atoms with E-state index in [1.54, 1.807) is 35.6 Å². The Balaban J connectivity index is 1.44. The second kappa shape index (κ2) is 8.32. The molecule has 1 aromatic heterocycles. The fourth-order valence-electron chi connectivity index (χ4n) is 2.22. The lowest BCUT2D eigenvalue weighted by Gasteiger charge is -2.27. The molecule has 3 N–H and O–H groups in total. The molecule has 1 aliphatic heterocycles. The van der Waals surface area contributed by atoms with Crippen LogP contribution in [0, 0.1) is 5.92 Å². The number of carbonyl (C=O) groups is 2. The molecule has 7 heteroatoms. The molecule has 0 bridgehead atoms. The Morgan fingerprint density at radius 1 is 1.21 bits per heavy atom. The maximum atomic E-state index is 12.0. The van der Waals surface area contributed by atoms with Crippen LogP contribution in [0.15, 0.2) is 46.0 Å². The van der Waals surface area contributed by atoms with E-state index in [1.165, 1.54) is 11.8 Å². The van der Waals surface area contributed by atoms with Gasteiger partial charge in [0.2, 0.25) is 5.91 Å². The molecule has 1 fully saturated rings. The van der Waals surface area contributed by atoms with Crippen LogP contribution in [0.5, 0.6) is 0 Å². The van der Waals surface area contributed by atoms with Crippen LogP contribution < -0.4 is 16.0 Å². The Hall–Kier alpha value is -1.83. The lowest BCUT2D eigenvalue weighted by Crippen LogP contribution is -2.48. The zero-order chi connectivity index (χ0) is 16.8. The van der Waals surface area contributed by atoms with Crippen LogP contribution in [0.2, 0.25) is 0 Å². The molecule has 126 valence electrons. The molecule has 0 saturated carbocycles. The molecule has 0 aliphatic carbocycles. The number of anilines is 1. The summed E-state index contributed by atoms with van der Waals surface area (Å²) in [5, 5.41) is 10.9. The highest BCUT2D eigenvalue weighted by Crippen LogP contribution is 2.23. The van der Waals surface area contributed by atoms with Crippen LogP contribution in [-0.2, 0) is 4.79 Å². The van der Waals surface area contributed by atoms with Crippen LogP contribution in [0.1, 0.15) is 10.4 Å². The van der Waals surface area contributed by atoms with Crippen LogP contribution in [-0.4, -0.2) is 37.2 Å². The number of thiophene rings is 1. The Labute approximate surface area is 149 Å². The van der Waals surface area contributed by atoms with E-state index in [0.29, 0.717) is 29.5 Å². The van der Waals surface area contributed by atoms with Gasteiger partial charge in [-0.25, -0.2) is 0 Å². The van der Waals surface area contributed by atoms with E-state index < -0.39 is 0 Å². The quantitative estimate of drug-likeness (QED) is 0.663. The highest BCUT2D eigenvalue weighted by molar-refractivity contribution is 8.01. The van der Waals surface area contributed by atoms with Gasteiger partial charge in [0, 0.05) is 36.8 Å². The zero-order valence-electron chi connectivity index (χ0n) is 13.1. The third-order valence-corrected chi connectivity index (χ3v) is 5.82. The minimum atomic E-state index is -0.0759. The maximum absolute atomic E-state index is 12.0. The smallest absolute Gasteiger partial charge is 0.251 e. The predicted octanol–water partition coefficient (Wildman–Crippen LogP) is 2.43. The summed E-state index contributed by atoms with van der Waals surface area (Å²) in [4.78, 5) is 24.0. The third-order valence-electron chi connectivity index (χ3n) is 3.69. The largest absolute Gasteiger partial charge is 0.352 e. The second-order valence-electron chi connectivity index (χ2n) is 5.58. The van der Waals surface area contributed by atoms with Crippen molar-refractivity contribution in [2.24, 2.45) is 5.92 Å². The molecule has 2 amide bonds. The summed E-state index contributed by atoms with van der Waals surface area (Å²) >= 11 is 3.14. The number of benzene rings is 1. The Morgan fingerprint density at radius 2 is 2.00 bits per heavy atom. The number of amides is 2. The minimum Gasteiger partial charge on any atom is -0.352 e. The number of hydrogen-bond donors (Lipinski definition) is 3. The Bertz CT molecular complexity index is 682. The van der Waals surface area contributed by atoms with Gasteiger partial charge < -0.3 is 16.0 Å². The number of carbonyl (C=O) groups excluding carboxylic acids is 2. The summed E-state index contributed by atoms with van der Waals surface area (Å²) in [6.07, 6.45) is 0. The molecule has 0 spiro atoms. The van der Waals surface area contributed by atoms with E-state index in [2.05, 4.69) is 16.0 Å². The lowest BCUT2D eigenvalue weighted by molar-refractivity contribution is -0.113. The summed E-state index contributed by atoms with van der Waals surface area (Å²) < 4.78 is 1.12. The molecule has 1 aromatic carbocycles. The first-order chi connectivity index (χ1) is 11.7. The Morgan fingerprint density at radius 3 is 2.62 bits per heavy atom. The highest BCUT2D eigenvalue weighted by atomic mass is 32.2. The summed E-state index contributed by atoms with van der Waals surface area (Å²) in [7, 11) is 0. The standard InChI is InChI=1S/C17H19N3O2S2/c21-15(11-24-16-2-1-7-23-16)20-14-5-3-13(4-6-14)17(22)19-10-12-8-18-9-12/h1-7,12,18H,8-11H2,(H,19,22)(H,20,21). The molecular formula is C17H19N3O2S2. The van der Waals surface area contributed by atoms with Gasteiger partial charge in [0.05, 0.1) is 9.96 Å². The van der Waals surface area contributed by atoms with Gasteiger partial charge in [-0.2, -0.15) is 0 Å². The van der Waals surface area contributed by atoms with Gasteiger partial charge in [-0.1, -0.05) is 6.07 Å². The van der Waals surface area contributed by atoms with E-state index in [9.17, 15) is 9.59 Å². The van der Waals surface area contributed by atoms with Crippen molar-refractivity contribution in [3.05, 3.63) is 47.3 Å². The SMILES string of the molecule is O=C(CSc1cccs1)Nc1ccc(C(=O)NCC2CNC2)cc1. The molecule has 1 aliphatic rings. The van der Waals surface area contributed by atoms with E-state index in [-0.39, 0.29) is 11.8 Å². The summed E-state index contributed by atoms with van der Waals surface area (Å²) in [5.74, 6) is 0.780. The van der Waals surface area contributed by atoms with Crippen molar-refractivity contribution in [3.8, 4) is 0 Å². The minimum absolute atomic E-state index is 0.0527. The fourth-order valence-corrected chi connectivity index (χ4v) is 3.80. The molecule has 5 nitrogen and oxygen atoms in total. The van der Waals surface area contributed by atoms with Gasteiger partial charge in [-0.05, 0) is 35.7 Å². The van der Waals surface area contributed by atoms with Crippen molar-refractivity contribution in [3.63, 3.8) is 0 Å². The Kier molecular flexibility index (Phi) is 5.90. The van der Waals surface area contributed by atoms with Crippen LogP contribution >= 0.6 is 23.1 Å². The molecule has 1 saturated heterocycles. The number of rotatable bonds is 7. The van der Waals surface area contributed by atoms with E-state index in [1.807, 2.05) is 17.5 Å². The van der Waals surface area contributed by atoms with Crippen LogP contribution in [0.3, 0.4) is 0 Å². The van der Waals surface area contributed by atoms with Gasteiger partial charge in [0.15, 0.2) is 0 Å². The van der Waals surface area contributed by atoms with Gasteiger partial charge in [-0.15, -0.1) is 23.1 Å². The number of nitrogens with one attached hydrogen (secondary N) is 3. The van der Waals surface area contributed by atoms with Crippen molar-refractivity contribution in [1.29, 1.82) is 0 Å². The van der Waals surface area contributed by atoms with Crippen molar-refractivity contribution in [1.82, 2.24) is 10.6 Å². The first-order valence-electron chi connectivity index (χ1n) is 7.76. The third kappa shape index (κ3) is 4.83. The molecule has 2 heterocycles. The molecule has 0 atom stereocenters. The average Bonchev–Trinajstić information content (AvgIpc) is 3.05. The molecule has 0 unspecified atom stereocenters. The van der Waals surface area contributed by atoms with Gasteiger partial charge in [-0.3, -0.25) is 9.59 Å². The zero-order valence-corrected chi connectivity index (χ0v) is 14.7. The first-order valence-corrected chi connectivity index (χ1v) is 9.62. The molecular weight excluding hydrogens is 342 g/mol. The topological polar surface area (TPSA) is 70.2 Å². The van der Waals surface area contributed by atoms with Crippen LogP contribution in [0.4, 0.5) is 5.69 Å². The monoisotopic (exact) mass is 361 g/mol. The maximum Gasteiger partial charge on any atom is 0.251 e. The molecule has 24 heavy (non-hydrogen) atoms. The first kappa shape index (κ1) is 17.0. The molecule has 3 rings (SSSR count). The number of hydrogen-bond acceptors (Lipinski definition) is 5. The van der Waals surface area contributed by atoms with Gasteiger partial charge in [0.25, 0.3) is 5.91 Å². The van der Waals surface area contributed by atoms with Crippen molar-refractivity contribution in [2.45, 2.75) is 4.21 Å². The highest BCUT2D eigenvalue weighted by Gasteiger charge is 2.17.